The summed E-state index contributed by atoms with van der Waals surface area (Å²) in [6.07, 6.45) is -35.8. The lowest BCUT2D eigenvalue weighted by molar-refractivity contribution is -0.142. The number of nitrogens with zero attached hydrogens (tertiary/aromatic N) is 3. The van der Waals surface area contributed by atoms with E-state index < -0.39 is 339 Å². The highest BCUT2D eigenvalue weighted by Crippen LogP contribution is 2.24. The van der Waals surface area contributed by atoms with Crippen molar-refractivity contribution in [1.82, 2.24) is 57.2 Å². The molecule has 119 heavy (non-hydrogen) atoms. The number of carbonyl (C=O) groups is 14. The number of nitrogens with one attached hydrogen (secondary N) is 9. The number of ketones is 3. The molecule has 0 saturated heterocycles. The van der Waals surface area contributed by atoms with Crippen LogP contribution in [0.4, 0.5) is 11.6 Å². The number of aliphatic carboxylic acids is 4. The van der Waals surface area contributed by atoms with Crippen molar-refractivity contribution in [2.24, 2.45) is 17.8 Å². The Morgan fingerprint density at radius 3 is 1.24 bits per heavy atom. The number of aromatic nitrogens is 4. The SMILES string of the molecule is CCCSC[C@H](NC(=O)[C@H](CCC(=O)NC[C@H](O)[C@@H](O)[C@H](O)[C@H](O)CO)CC(=O)[C@H](CCC(=O)O)NC(=O)[C@H](CCC(=O)NC[C@H](O)[C@@H](O)[C@H](O)[C@H](O)CO)CC(=O)[C@H](CCC(=O)O)NC(=O)[C@H](CCC(=O)NC[C@H](O)[C@@H](O)[C@H](O)[C@H](O)CO)CC(=O)CC[C@H](NC(=O)c1ccc(NCc2cnc3nc(N)[nH]c(=O)c3n2)cc1)C(=O)O)C(=O)O. The fourth-order valence-corrected chi connectivity index (χ4v) is 12.3. The summed E-state index contributed by atoms with van der Waals surface area (Å²) in [6.45, 7) is -4.03. The van der Waals surface area contributed by atoms with E-state index in [-0.39, 0.29) is 35.0 Å². The number of aromatic amines is 1. The Labute approximate surface area is 681 Å². The van der Waals surface area contributed by atoms with Crippen LogP contribution in [0.1, 0.15) is 126 Å². The molecule has 0 spiro atoms. The second-order valence-corrected chi connectivity index (χ2v) is 29.0. The number of amides is 7. The van der Waals surface area contributed by atoms with Gasteiger partial charge in [-0.05, 0) is 75.0 Å². The van der Waals surface area contributed by atoms with Crippen molar-refractivity contribution in [3.63, 3.8) is 0 Å². The zero-order valence-electron chi connectivity index (χ0n) is 64.5. The number of rotatable bonds is 61. The minimum atomic E-state index is -2.22. The van der Waals surface area contributed by atoms with Crippen molar-refractivity contribution in [2.45, 2.75) is 214 Å². The number of carboxylic acids is 4. The standard InChI is InChI=1S/C71H107N13O34S/c1-2-19-119-31-42(70(117)118)82-67(113)35(7-16-53(99)76-27-47(93)59(106)62(109)50(96)30-87)22-44(90)40(13-18-55(102)103)80-66(112)34(6-15-52(98)75-26-46(92)58(105)61(108)49(95)29-86)21-43(89)39(12-17-54(100)101)79-65(111)33(5-14-51(97)74-25-45(91)57(104)60(107)48(94)28-85)20-38(88)10-11-41(69(115)116)81-64(110)32-3-8-36(9-4-32)73-23-37-24-77-63-56(78-37)68(114)84-71(72)83-63/h3-4,8-9,24,33-35,39-42,45-50,57-62,73,85-87,91-96,104-109H,2,5-7,10-23,25-31H2,1H3,(H,74,97)(H,75,98)(H,76,99)(H,79,111)(H,80,112)(H,81,110)(H,82,113)(H,100,101)(H,102,103)(H,115,116)(H,117,118)(H3,72,77,83,84,114)/t33-,34-,35-,39+,40+,41+,42+,45+,46+,47+,48-,49-,50-,57-,58-,59-,60-,61-,62-/m1/s1. The summed E-state index contributed by atoms with van der Waals surface area (Å²) in [5, 5.41) is 208. The summed E-state index contributed by atoms with van der Waals surface area (Å²) in [7, 11) is 0. The predicted molar refractivity (Wildman–Crippen MR) is 408 cm³/mol. The molecule has 19 atom stereocenters. The molecule has 0 fully saturated rings. The average molecular weight is 1720 g/mol. The molecule has 0 radical (unpaired) electrons. The third-order valence-corrected chi connectivity index (χ3v) is 19.8. The summed E-state index contributed by atoms with van der Waals surface area (Å²) >= 11 is 1.11. The Kier molecular flexibility index (Phi) is 45.8. The number of anilines is 2. The normalized spacial score (nSPS) is 16.3. The van der Waals surface area contributed by atoms with Crippen LogP contribution in [0, 0.1) is 17.8 Å². The smallest absolute Gasteiger partial charge is 0.327 e. The molecule has 3 rings (SSSR count). The minimum absolute atomic E-state index is 0.00997. The summed E-state index contributed by atoms with van der Waals surface area (Å²) in [6, 6.07) is -2.03. The van der Waals surface area contributed by atoms with Gasteiger partial charge < -0.3 is 145 Å². The average Bonchev–Trinajstić information content (AvgIpc) is 0.808. The number of thioether (sulfide) groups is 1. The van der Waals surface area contributed by atoms with Crippen LogP contribution in [0.2, 0.25) is 0 Å². The van der Waals surface area contributed by atoms with Crippen LogP contribution in [0.5, 0.6) is 0 Å². The molecule has 2 aromatic heterocycles. The Morgan fingerprint density at radius 1 is 0.471 bits per heavy atom. The fraction of sp³-hybridized carbons (Fsp3) is 0.634. The van der Waals surface area contributed by atoms with Gasteiger partial charge in [0.2, 0.25) is 41.4 Å². The van der Waals surface area contributed by atoms with Gasteiger partial charge in [-0.2, -0.15) is 16.7 Å². The zero-order valence-corrected chi connectivity index (χ0v) is 65.3. The van der Waals surface area contributed by atoms with Gasteiger partial charge in [-0.25, -0.2) is 19.6 Å². The second kappa shape index (κ2) is 52.8. The zero-order chi connectivity index (χ0) is 89.5. The van der Waals surface area contributed by atoms with Crippen LogP contribution >= 0.6 is 11.8 Å². The van der Waals surface area contributed by atoms with E-state index in [1.54, 1.807) is 6.92 Å². The molecule has 0 aliphatic rings. The molecule has 30 N–H and O–H groups in total. The Morgan fingerprint density at radius 2 is 0.857 bits per heavy atom. The first kappa shape index (κ1) is 103. The number of hydrogen-bond donors (Lipinski definition) is 29. The summed E-state index contributed by atoms with van der Waals surface area (Å²) in [5.41, 5.74) is 5.44. The number of hydrogen-bond acceptors (Lipinski definition) is 36. The third-order valence-electron chi connectivity index (χ3n) is 18.5. The van der Waals surface area contributed by atoms with Gasteiger partial charge in [0.1, 0.15) is 72.8 Å². The molecule has 0 bridgehead atoms. The van der Waals surface area contributed by atoms with Gasteiger partial charge in [0, 0.05) is 112 Å². The number of H-pyrrole nitrogens is 1. The number of aliphatic hydroxyl groups excluding tert-OH is 15. The minimum Gasteiger partial charge on any atom is -0.481 e. The highest BCUT2D eigenvalue weighted by molar-refractivity contribution is 7.99. The lowest BCUT2D eigenvalue weighted by atomic mass is 9.89. The topological polar surface area (TPSA) is 817 Å². The molecular weight excluding hydrogens is 1610 g/mol. The van der Waals surface area contributed by atoms with Crippen LogP contribution in [0.15, 0.2) is 35.3 Å². The fourth-order valence-electron chi connectivity index (χ4n) is 11.4. The Hall–Kier alpha value is -10.0. The van der Waals surface area contributed by atoms with Gasteiger partial charge in [-0.15, -0.1) is 0 Å². The van der Waals surface area contributed by atoms with Gasteiger partial charge in [-0.3, -0.25) is 67.3 Å². The maximum atomic E-state index is 14.8. The quantitative estimate of drug-likeness (QED) is 0.0233. The van der Waals surface area contributed by atoms with E-state index >= 15 is 0 Å². The monoisotopic (exact) mass is 1720 g/mol. The van der Waals surface area contributed by atoms with E-state index in [2.05, 4.69) is 62.5 Å². The van der Waals surface area contributed by atoms with E-state index in [4.69, 9.17) is 10.8 Å². The Balaban J connectivity index is 2.08. The van der Waals surface area contributed by atoms with Crippen molar-refractivity contribution in [3.05, 3.63) is 52.1 Å². The van der Waals surface area contributed by atoms with E-state index in [0.29, 0.717) is 23.6 Å². The van der Waals surface area contributed by atoms with Crippen molar-refractivity contribution in [1.29, 1.82) is 0 Å². The highest BCUT2D eigenvalue weighted by atomic mass is 32.2. The third kappa shape index (κ3) is 36.6. The van der Waals surface area contributed by atoms with Gasteiger partial charge in [0.25, 0.3) is 11.5 Å². The number of Topliss-reactive ketones (excluding diaryl/α,β-unsaturated/α-hetero) is 3. The second-order valence-electron chi connectivity index (χ2n) is 27.9. The predicted octanol–water partition coefficient (Wildman–Crippen LogP) is -9.99. The molecule has 1 aromatic carbocycles. The number of carboxylic acid groups (broad SMARTS) is 4. The van der Waals surface area contributed by atoms with Crippen LogP contribution in [-0.4, -0.2) is 348 Å². The molecule has 666 valence electrons. The largest absolute Gasteiger partial charge is 0.481 e. The first-order valence-electron chi connectivity index (χ1n) is 37.5. The number of nitrogen functional groups attached to an aromatic ring is 1. The summed E-state index contributed by atoms with van der Waals surface area (Å²) in [5.74, 6) is -23.3. The van der Waals surface area contributed by atoms with E-state index in [9.17, 15) is 164 Å². The van der Waals surface area contributed by atoms with Gasteiger partial charge in [0.05, 0.1) is 68.7 Å². The number of carbonyl (C=O) groups excluding carboxylic acids is 10. The summed E-state index contributed by atoms with van der Waals surface area (Å²) < 4.78 is 0. The number of nitrogens with two attached hydrogens (primary N) is 1. The van der Waals surface area contributed by atoms with Crippen LogP contribution < -0.4 is 53.8 Å². The van der Waals surface area contributed by atoms with E-state index in [1.165, 1.54) is 30.5 Å². The molecule has 0 aliphatic carbocycles. The maximum absolute atomic E-state index is 14.8. The van der Waals surface area contributed by atoms with Crippen molar-refractivity contribution in [3.8, 4) is 0 Å². The van der Waals surface area contributed by atoms with Gasteiger partial charge in [-0.1, -0.05) is 6.92 Å². The number of fused-ring (bicyclic) bond motifs is 1. The molecule has 2 heterocycles. The maximum Gasteiger partial charge on any atom is 0.327 e. The van der Waals surface area contributed by atoms with Crippen molar-refractivity contribution >= 4 is 117 Å². The van der Waals surface area contributed by atoms with Crippen LogP contribution in [0.3, 0.4) is 0 Å². The molecule has 3 aromatic rings. The molecule has 7 amide bonds. The molecule has 0 unspecified atom stereocenters. The number of benzene rings is 1. The molecule has 0 aliphatic heterocycles. The van der Waals surface area contributed by atoms with Crippen LogP contribution in [-0.2, 0) is 68.9 Å². The Bertz CT molecular complexity index is 3930. The molecule has 48 heteroatoms. The van der Waals surface area contributed by atoms with E-state index in [0.717, 1.165) is 11.8 Å². The van der Waals surface area contributed by atoms with Crippen molar-refractivity contribution < 1.29 is 164 Å². The lowest BCUT2D eigenvalue weighted by Gasteiger charge is -2.26. The van der Waals surface area contributed by atoms with E-state index in [1.807, 2.05) is 0 Å². The first-order chi connectivity index (χ1) is 56.0. The van der Waals surface area contributed by atoms with Gasteiger partial charge in [0.15, 0.2) is 22.7 Å². The number of aliphatic hydroxyl groups is 15. The summed E-state index contributed by atoms with van der Waals surface area (Å²) in [4.78, 5) is 217. The molecule has 47 nitrogen and oxygen atoms in total. The highest BCUT2D eigenvalue weighted by Gasteiger charge is 2.38. The van der Waals surface area contributed by atoms with Crippen molar-refractivity contribution in [2.75, 3.05) is 62.0 Å². The van der Waals surface area contributed by atoms with Gasteiger partial charge >= 0.3 is 23.9 Å². The lowest BCUT2D eigenvalue weighted by Crippen LogP contribution is -2.50. The first-order valence-corrected chi connectivity index (χ1v) is 38.6. The van der Waals surface area contributed by atoms with Crippen LogP contribution in [0.25, 0.3) is 11.2 Å². The molecular formula is C71H107N13O34S. The molecule has 0 saturated carbocycles.